The number of hydrogen-bond acceptors (Lipinski definition) is 6. The van der Waals surface area contributed by atoms with Crippen LogP contribution in [0.2, 0.25) is 0 Å². The smallest absolute Gasteiger partial charge is 0.294 e. The SMILES string of the molecule is O=C1N[C@@H](C(=O)NCCO[N+](=O)[O-])[C@H](c2ccccc2)S1. The van der Waals surface area contributed by atoms with Gasteiger partial charge in [0.25, 0.3) is 10.3 Å². The van der Waals surface area contributed by atoms with E-state index in [9.17, 15) is 19.7 Å². The highest BCUT2D eigenvalue weighted by Gasteiger charge is 2.39. The topological polar surface area (TPSA) is 111 Å². The van der Waals surface area contributed by atoms with Crippen LogP contribution in [0.15, 0.2) is 30.3 Å². The molecule has 0 spiro atoms. The molecule has 0 aromatic heterocycles. The van der Waals surface area contributed by atoms with Crippen LogP contribution in [0.4, 0.5) is 4.79 Å². The quantitative estimate of drug-likeness (QED) is 0.458. The molecule has 1 aliphatic heterocycles. The standard InChI is InChI=1S/C12H13N3O5S/c16-11(13-6-7-20-15(18)19)9-10(21-12(17)14-9)8-4-2-1-3-5-8/h1-5,9-10H,6-7H2,(H,13,16)(H,14,17)/t9-,10+/m1/s1. The van der Waals surface area contributed by atoms with Crippen molar-refractivity contribution in [2.45, 2.75) is 11.3 Å². The van der Waals surface area contributed by atoms with E-state index in [-0.39, 0.29) is 23.6 Å². The second kappa shape index (κ2) is 6.93. The van der Waals surface area contributed by atoms with E-state index in [4.69, 9.17) is 0 Å². The van der Waals surface area contributed by atoms with Crippen LogP contribution in [0.1, 0.15) is 10.8 Å². The molecular formula is C12H13N3O5S. The first-order valence-corrected chi connectivity index (χ1v) is 7.03. The molecule has 1 heterocycles. The summed E-state index contributed by atoms with van der Waals surface area (Å²) in [5.41, 5.74) is 0.863. The molecule has 2 N–H and O–H groups in total. The van der Waals surface area contributed by atoms with Crippen molar-refractivity contribution in [3.8, 4) is 0 Å². The highest BCUT2D eigenvalue weighted by molar-refractivity contribution is 8.14. The summed E-state index contributed by atoms with van der Waals surface area (Å²) >= 11 is 1.05. The Kier molecular flexibility index (Phi) is 4.99. The number of carbonyl (C=O) groups excluding carboxylic acids is 2. The monoisotopic (exact) mass is 311 g/mol. The second-order valence-electron chi connectivity index (χ2n) is 4.21. The molecule has 1 aromatic carbocycles. The summed E-state index contributed by atoms with van der Waals surface area (Å²) in [5, 5.41) is 13.6. The maximum absolute atomic E-state index is 12.1. The number of rotatable bonds is 6. The Morgan fingerprint density at radius 3 is 2.81 bits per heavy atom. The van der Waals surface area contributed by atoms with Gasteiger partial charge in [-0.25, -0.2) is 0 Å². The summed E-state index contributed by atoms with van der Waals surface area (Å²) in [6.45, 7) is -0.235. The fourth-order valence-corrected chi connectivity index (χ4v) is 2.98. The molecule has 0 unspecified atom stereocenters. The van der Waals surface area contributed by atoms with Gasteiger partial charge in [-0.3, -0.25) is 9.59 Å². The van der Waals surface area contributed by atoms with Gasteiger partial charge < -0.3 is 15.5 Å². The van der Waals surface area contributed by atoms with Gasteiger partial charge in [0, 0.05) is 6.54 Å². The maximum atomic E-state index is 12.1. The predicted octanol–water partition coefficient (Wildman–Crippen LogP) is 0.877. The van der Waals surface area contributed by atoms with E-state index < -0.39 is 17.0 Å². The van der Waals surface area contributed by atoms with Crippen molar-refractivity contribution in [3.05, 3.63) is 46.0 Å². The zero-order valence-corrected chi connectivity index (χ0v) is 11.7. The molecule has 0 aliphatic carbocycles. The van der Waals surface area contributed by atoms with Crippen LogP contribution in [0, 0.1) is 10.1 Å². The summed E-state index contributed by atoms with van der Waals surface area (Å²) in [6.07, 6.45) is 0. The molecule has 2 atom stereocenters. The number of carbonyl (C=O) groups is 2. The number of nitrogens with one attached hydrogen (secondary N) is 2. The minimum Gasteiger partial charge on any atom is -0.352 e. The van der Waals surface area contributed by atoms with Crippen molar-refractivity contribution in [1.82, 2.24) is 10.6 Å². The molecule has 1 aliphatic rings. The Morgan fingerprint density at radius 1 is 1.43 bits per heavy atom. The largest absolute Gasteiger partial charge is 0.352 e. The fourth-order valence-electron chi connectivity index (χ4n) is 1.93. The van der Waals surface area contributed by atoms with Crippen molar-refractivity contribution < 1.29 is 19.5 Å². The Labute approximate surface area is 124 Å². The summed E-state index contributed by atoms with van der Waals surface area (Å²) in [7, 11) is 0. The third-order valence-corrected chi connectivity index (χ3v) is 3.95. The van der Waals surface area contributed by atoms with Crippen molar-refractivity contribution in [1.29, 1.82) is 0 Å². The first-order chi connectivity index (χ1) is 10.1. The van der Waals surface area contributed by atoms with Crippen LogP contribution < -0.4 is 10.6 Å². The van der Waals surface area contributed by atoms with Gasteiger partial charge in [0.2, 0.25) is 5.91 Å². The number of thioether (sulfide) groups is 1. The van der Waals surface area contributed by atoms with E-state index in [1.54, 1.807) is 0 Å². The van der Waals surface area contributed by atoms with Crippen molar-refractivity contribution in [2.24, 2.45) is 0 Å². The van der Waals surface area contributed by atoms with Gasteiger partial charge in [-0.05, 0) is 5.56 Å². The van der Waals surface area contributed by atoms with Crippen LogP contribution in [0.25, 0.3) is 0 Å². The van der Waals surface area contributed by atoms with Gasteiger partial charge in [0.05, 0.1) is 5.25 Å². The molecule has 1 aromatic rings. The number of nitrogens with zero attached hydrogens (tertiary/aromatic N) is 1. The summed E-state index contributed by atoms with van der Waals surface area (Å²) < 4.78 is 0. The minimum absolute atomic E-state index is 0.00163. The summed E-state index contributed by atoms with van der Waals surface area (Å²) in [5.74, 6) is -0.394. The fraction of sp³-hybridized carbons (Fsp3) is 0.333. The van der Waals surface area contributed by atoms with E-state index >= 15 is 0 Å². The second-order valence-corrected chi connectivity index (χ2v) is 5.32. The molecule has 0 radical (unpaired) electrons. The maximum Gasteiger partial charge on any atom is 0.294 e. The average Bonchev–Trinajstić information content (AvgIpc) is 2.86. The Balaban J connectivity index is 1.95. The lowest BCUT2D eigenvalue weighted by molar-refractivity contribution is -0.757. The molecule has 9 heteroatoms. The van der Waals surface area contributed by atoms with E-state index in [1.807, 2.05) is 30.3 Å². The third kappa shape index (κ3) is 4.09. The molecule has 1 saturated heterocycles. The zero-order valence-electron chi connectivity index (χ0n) is 10.9. The normalized spacial score (nSPS) is 20.7. The predicted molar refractivity (Wildman–Crippen MR) is 75.0 cm³/mol. The van der Waals surface area contributed by atoms with Crippen LogP contribution >= 0.6 is 11.8 Å². The molecule has 112 valence electrons. The summed E-state index contributed by atoms with van der Waals surface area (Å²) in [4.78, 5) is 37.7. The van der Waals surface area contributed by atoms with E-state index in [0.717, 1.165) is 17.3 Å². The first kappa shape index (κ1) is 15.1. The van der Waals surface area contributed by atoms with Gasteiger partial charge in [-0.1, -0.05) is 42.1 Å². The summed E-state index contributed by atoms with van der Waals surface area (Å²) in [6, 6.07) is 8.49. The molecule has 8 nitrogen and oxygen atoms in total. The molecule has 2 rings (SSSR count). The van der Waals surface area contributed by atoms with Crippen molar-refractivity contribution in [3.63, 3.8) is 0 Å². The Bertz CT molecular complexity index is 539. The molecular weight excluding hydrogens is 298 g/mol. The number of amides is 2. The third-order valence-electron chi connectivity index (χ3n) is 2.82. The lowest BCUT2D eigenvalue weighted by Gasteiger charge is -2.17. The van der Waals surface area contributed by atoms with E-state index in [2.05, 4.69) is 15.5 Å². The van der Waals surface area contributed by atoms with Crippen LogP contribution in [-0.2, 0) is 9.63 Å². The highest BCUT2D eigenvalue weighted by atomic mass is 32.2. The molecule has 2 amide bonds. The highest BCUT2D eigenvalue weighted by Crippen LogP contribution is 2.37. The van der Waals surface area contributed by atoms with Crippen LogP contribution in [0.3, 0.4) is 0 Å². The molecule has 0 saturated carbocycles. The lowest BCUT2D eigenvalue weighted by Crippen LogP contribution is -2.44. The van der Waals surface area contributed by atoms with Gasteiger partial charge in [-0.2, -0.15) is 0 Å². The first-order valence-electron chi connectivity index (χ1n) is 6.15. The minimum atomic E-state index is -0.924. The van der Waals surface area contributed by atoms with Gasteiger partial charge in [0.15, 0.2) is 0 Å². The van der Waals surface area contributed by atoms with Gasteiger partial charge in [-0.15, -0.1) is 10.1 Å². The molecule has 21 heavy (non-hydrogen) atoms. The van der Waals surface area contributed by atoms with Crippen LogP contribution in [-0.4, -0.2) is 35.4 Å². The van der Waals surface area contributed by atoms with Gasteiger partial charge >= 0.3 is 0 Å². The van der Waals surface area contributed by atoms with E-state index in [0.29, 0.717) is 0 Å². The zero-order chi connectivity index (χ0) is 15.2. The van der Waals surface area contributed by atoms with E-state index in [1.165, 1.54) is 0 Å². The number of benzene rings is 1. The van der Waals surface area contributed by atoms with Crippen molar-refractivity contribution >= 4 is 22.9 Å². The van der Waals surface area contributed by atoms with Crippen LogP contribution in [0.5, 0.6) is 0 Å². The van der Waals surface area contributed by atoms with Crippen molar-refractivity contribution in [2.75, 3.05) is 13.2 Å². The average molecular weight is 311 g/mol. The van der Waals surface area contributed by atoms with Gasteiger partial charge in [0.1, 0.15) is 12.6 Å². The molecule has 0 bridgehead atoms. The Hall–Kier alpha value is -2.29. The number of hydrogen-bond donors (Lipinski definition) is 2. The molecule has 1 fully saturated rings. The Morgan fingerprint density at radius 2 is 2.14 bits per heavy atom. The lowest BCUT2D eigenvalue weighted by atomic mass is 10.0.